The van der Waals surface area contributed by atoms with Gasteiger partial charge in [0.15, 0.2) is 0 Å². The molecule has 0 heterocycles. The lowest BCUT2D eigenvalue weighted by molar-refractivity contribution is -0.167. The maximum absolute atomic E-state index is 12.4. The Morgan fingerprint density at radius 3 is 2.44 bits per heavy atom. The highest BCUT2D eigenvalue weighted by atomic mass is 32.1. The Bertz CT molecular complexity index is 241. The summed E-state index contributed by atoms with van der Waals surface area (Å²) >= 11 is 4.38. The van der Waals surface area contributed by atoms with Gasteiger partial charge in [-0.2, -0.15) is 13.2 Å². The zero-order valence-electron chi connectivity index (χ0n) is 8.93. The molecule has 6 heteroatoms. The van der Waals surface area contributed by atoms with E-state index in [-0.39, 0.29) is 0 Å². The van der Waals surface area contributed by atoms with Gasteiger partial charge in [0.25, 0.3) is 0 Å². The highest BCUT2D eigenvalue weighted by Gasteiger charge is 2.41. The van der Waals surface area contributed by atoms with Crippen LogP contribution in [0, 0.1) is 11.8 Å². The van der Waals surface area contributed by atoms with E-state index in [1.165, 1.54) is 19.3 Å². The molecule has 0 spiro atoms. The zero-order valence-corrected chi connectivity index (χ0v) is 9.74. The molecule has 1 unspecified atom stereocenters. The van der Waals surface area contributed by atoms with Crippen LogP contribution in [0.1, 0.15) is 25.7 Å². The molecule has 1 saturated carbocycles. The number of ether oxygens (including phenoxy) is 1. The van der Waals surface area contributed by atoms with Crippen LogP contribution in [0.2, 0.25) is 0 Å². The molecule has 0 bridgehead atoms. The molecular formula is C10H16F3NOS. The maximum Gasteiger partial charge on any atom is 0.400 e. The molecule has 1 rings (SSSR count). The summed E-state index contributed by atoms with van der Waals surface area (Å²) in [5.74, 6) is -1.18. The second-order valence-electron chi connectivity index (χ2n) is 4.16. The number of thiocarbonyl (C=S) groups is 1. The fourth-order valence-corrected chi connectivity index (χ4v) is 1.77. The van der Waals surface area contributed by atoms with Crippen molar-refractivity contribution in [1.82, 2.24) is 0 Å². The highest BCUT2D eigenvalue weighted by Crippen LogP contribution is 2.30. The number of hydrogen-bond donors (Lipinski definition) is 1. The van der Waals surface area contributed by atoms with E-state index in [0.717, 1.165) is 6.42 Å². The number of nitrogens with two attached hydrogens (primary N) is 1. The number of hydrogen-bond acceptors (Lipinski definition) is 2. The fourth-order valence-electron chi connectivity index (χ4n) is 1.57. The molecule has 0 aromatic rings. The molecule has 0 aromatic heterocycles. The first kappa shape index (κ1) is 13.7. The molecule has 0 aromatic carbocycles. The van der Waals surface area contributed by atoms with Gasteiger partial charge < -0.3 is 10.5 Å². The summed E-state index contributed by atoms with van der Waals surface area (Å²) in [5.41, 5.74) is 5.03. The molecule has 94 valence electrons. The van der Waals surface area contributed by atoms with Crippen LogP contribution in [0.15, 0.2) is 0 Å². The van der Waals surface area contributed by atoms with Crippen LogP contribution in [0.4, 0.5) is 13.2 Å². The average Bonchev–Trinajstić information content (AvgIpc) is 2.04. The Hall–Kier alpha value is -0.360. The van der Waals surface area contributed by atoms with E-state index in [4.69, 9.17) is 10.5 Å². The van der Waals surface area contributed by atoms with Crippen molar-refractivity contribution in [2.45, 2.75) is 31.9 Å². The SMILES string of the molecule is NC(=S)C(COCCC1CCC1)C(F)(F)F. The third-order valence-corrected chi connectivity index (χ3v) is 3.20. The lowest BCUT2D eigenvalue weighted by atomic mass is 9.83. The fraction of sp³-hybridized carbons (Fsp3) is 0.900. The number of rotatable bonds is 6. The van der Waals surface area contributed by atoms with E-state index in [2.05, 4.69) is 12.2 Å². The standard InChI is InChI=1S/C10H16F3NOS/c11-10(12,13)8(9(14)16)6-15-5-4-7-2-1-3-7/h7-8H,1-6H2,(H2,14,16). The monoisotopic (exact) mass is 255 g/mol. The van der Waals surface area contributed by atoms with Crippen molar-refractivity contribution < 1.29 is 17.9 Å². The summed E-state index contributed by atoms with van der Waals surface area (Å²) in [6.45, 7) is -0.0919. The second kappa shape index (κ2) is 5.82. The summed E-state index contributed by atoms with van der Waals surface area (Å²) in [5, 5.41) is 0. The third kappa shape index (κ3) is 4.25. The molecule has 2 nitrogen and oxygen atoms in total. The van der Waals surface area contributed by atoms with Crippen LogP contribution in [0.3, 0.4) is 0 Å². The van der Waals surface area contributed by atoms with E-state index in [1.54, 1.807) is 0 Å². The average molecular weight is 255 g/mol. The van der Waals surface area contributed by atoms with Crippen molar-refractivity contribution in [3.05, 3.63) is 0 Å². The second-order valence-corrected chi connectivity index (χ2v) is 4.63. The normalized spacial score (nSPS) is 19.2. The lowest BCUT2D eigenvalue weighted by Crippen LogP contribution is -2.38. The van der Waals surface area contributed by atoms with Crippen LogP contribution in [-0.4, -0.2) is 24.4 Å². The molecule has 0 radical (unpaired) electrons. The number of alkyl halides is 3. The first-order valence-electron chi connectivity index (χ1n) is 5.35. The minimum absolute atomic E-state index is 0.361. The van der Waals surface area contributed by atoms with Crippen molar-refractivity contribution in [1.29, 1.82) is 0 Å². The quantitative estimate of drug-likeness (QED) is 0.585. The van der Waals surface area contributed by atoms with Gasteiger partial charge in [0.2, 0.25) is 0 Å². The zero-order chi connectivity index (χ0) is 12.2. The van der Waals surface area contributed by atoms with Crippen LogP contribution in [0.25, 0.3) is 0 Å². The van der Waals surface area contributed by atoms with Crippen molar-refractivity contribution >= 4 is 17.2 Å². The molecule has 2 N–H and O–H groups in total. The van der Waals surface area contributed by atoms with Crippen LogP contribution in [0.5, 0.6) is 0 Å². The molecule has 1 aliphatic rings. The van der Waals surface area contributed by atoms with Crippen LogP contribution < -0.4 is 5.73 Å². The van der Waals surface area contributed by atoms with Gasteiger partial charge in [-0.3, -0.25) is 0 Å². The first-order valence-corrected chi connectivity index (χ1v) is 5.76. The van der Waals surface area contributed by atoms with E-state index < -0.39 is 23.7 Å². The van der Waals surface area contributed by atoms with Crippen LogP contribution >= 0.6 is 12.2 Å². The van der Waals surface area contributed by atoms with Gasteiger partial charge >= 0.3 is 6.18 Å². The van der Waals surface area contributed by atoms with Crippen molar-refractivity contribution in [2.75, 3.05) is 13.2 Å². The highest BCUT2D eigenvalue weighted by molar-refractivity contribution is 7.80. The van der Waals surface area contributed by atoms with Crippen molar-refractivity contribution in [3.63, 3.8) is 0 Å². The molecule has 1 fully saturated rings. The minimum atomic E-state index is -4.40. The summed E-state index contributed by atoms with van der Waals surface area (Å²) in [4.78, 5) is -0.545. The van der Waals surface area contributed by atoms with E-state index in [9.17, 15) is 13.2 Å². The Balaban J connectivity index is 2.19. The lowest BCUT2D eigenvalue weighted by Gasteiger charge is -2.25. The Morgan fingerprint density at radius 1 is 1.44 bits per heavy atom. The van der Waals surface area contributed by atoms with Gasteiger partial charge in [0, 0.05) is 6.61 Å². The van der Waals surface area contributed by atoms with Gasteiger partial charge in [-0.15, -0.1) is 0 Å². The maximum atomic E-state index is 12.4. The number of halogens is 3. The molecule has 16 heavy (non-hydrogen) atoms. The van der Waals surface area contributed by atoms with Crippen molar-refractivity contribution in [3.8, 4) is 0 Å². The van der Waals surface area contributed by atoms with Gasteiger partial charge in [-0.1, -0.05) is 31.5 Å². The smallest absolute Gasteiger partial charge is 0.393 e. The third-order valence-electron chi connectivity index (χ3n) is 2.92. The minimum Gasteiger partial charge on any atom is -0.393 e. The van der Waals surface area contributed by atoms with Crippen LogP contribution in [-0.2, 0) is 4.74 Å². The van der Waals surface area contributed by atoms with E-state index >= 15 is 0 Å². The largest absolute Gasteiger partial charge is 0.400 e. The Kier molecular flexibility index (Phi) is 4.98. The summed E-state index contributed by atoms with van der Waals surface area (Å²) < 4.78 is 42.2. The Morgan fingerprint density at radius 2 is 2.06 bits per heavy atom. The summed E-state index contributed by atoms with van der Waals surface area (Å²) in [7, 11) is 0. The first-order chi connectivity index (χ1) is 7.41. The predicted molar refractivity (Wildman–Crippen MR) is 59.1 cm³/mol. The van der Waals surface area contributed by atoms with Gasteiger partial charge in [0.05, 0.1) is 11.6 Å². The van der Waals surface area contributed by atoms with Gasteiger partial charge in [0.1, 0.15) is 5.92 Å². The molecule has 1 atom stereocenters. The van der Waals surface area contributed by atoms with Crippen molar-refractivity contribution in [2.24, 2.45) is 17.6 Å². The van der Waals surface area contributed by atoms with E-state index in [0.29, 0.717) is 12.5 Å². The molecule has 0 aliphatic heterocycles. The molecule has 0 amide bonds. The topological polar surface area (TPSA) is 35.2 Å². The van der Waals surface area contributed by atoms with Gasteiger partial charge in [-0.25, -0.2) is 0 Å². The Labute approximate surface area is 98.3 Å². The molecule has 1 aliphatic carbocycles. The van der Waals surface area contributed by atoms with E-state index in [1.807, 2.05) is 0 Å². The molecule has 0 saturated heterocycles. The summed E-state index contributed by atoms with van der Waals surface area (Å²) in [6.07, 6.45) is -0.00430. The molecular weight excluding hydrogens is 239 g/mol. The summed E-state index contributed by atoms with van der Waals surface area (Å²) in [6, 6.07) is 0. The van der Waals surface area contributed by atoms with Gasteiger partial charge in [-0.05, 0) is 12.3 Å². The predicted octanol–water partition coefficient (Wildman–Crippen LogP) is 2.66.